The third kappa shape index (κ3) is 3.44. The maximum Gasteiger partial charge on any atom is 0.0409 e. The predicted molar refractivity (Wildman–Crippen MR) is 87.9 cm³/mol. The van der Waals surface area contributed by atoms with Gasteiger partial charge >= 0.3 is 0 Å². The fourth-order valence-electron chi connectivity index (χ4n) is 3.44. The van der Waals surface area contributed by atoms with Crippen molar-refractivity contribution in [3.05, 3.63) is 35.4 Å². The van der Waals surface area contributed by atoms with Crippen LogP contribution in [0.5, 0.6) is 0 Å². The van der Waals surface area contributed by atoms with Crippen LogP contribution in [0.1, 0.15) is 77.3 Å². The van der Waals surface area contributed by atoms with E-state index in [2.05, 4.69) is 52.0 Å². The first kappa shape index (κ1) is 15.6. The first-order chi connectivity index (χ1) is 9.35. The molecule has 0 saturated heterocycles. The maximum absolute atomic E-state index is 6.76. The second-order valence-corrected chi connectivity index (χ2v) is 7.69. The van der Waals surface area contributed by atoms with Crippen LogP contribution in [0.15, 0.2) is 24.3 Å². The van der Waals surface area contributed by atoms with Crippen molar-refractivity contribution in [1.29, 1.82) is 0 Å². The molecule has 1 aliphatic carbocycles. The lowest BCUT2D eigenvalue weighted by Gasteiger charge is -2.30. The molecule has 0 aliphatic heterocycles. The van der Waals surface area contributed by atoms with Gasteiger partial charge in [-0.2, -0.15) is 0 Å². The van der Waals surface area contributed by atoms with Gasteiger partial charge < -0.3 is 5.73 Å². The molecule has 1 aromatic rings. The number of nitrogens with two attached hydrogens (primary N) is 1. The SMILES string of the molecule is CCC1CCCC(N)(c2ccc(C(C)(C)C)cc2)CC1. The van der Waals surface area contributed by atoms with Crippen LogP contribution >= 0.6 is 0 Å². The monoisotopic (exact) mass is 273 g/mol. The molecule has 2 atom stereocenters. The zero-order chi connectivity index (χ0) is 14.8. The van der Waals surface area contributed by atoms with Gasteiger partial charge in [0, 0.05) is 5.54 Å². The van der Waals surface area contributed by atoms with Crippen molar-refractivity contribution in [2.75, 3.05) is 0 Å². The summed E-state index contributed by atoms with van der Waals surface area (Å²) >= 11 is 0. The zero-order valence-corrected chi connectivity index (χ0v) is 13.7. The van der Waals surface area contributed by atoms with Crippen LogP contribution in [0.2, 0.25) is 0 Å². The lowest BCUT2D eigenvalue weighted by Crippen LogP contribution is -2.36. The van der Waals surface area contributed by atoms with Crippen LogP contribution in [0.4, 0.5) is 0 Å². The van der Waals surface area contributed by atoms with Gasteiger partial charge in [-0.15, -0.1) is 0 Å². The molecule has 0 heterocycles. The molecule has 1 nitrogen and oxygen atoms in total. The van der Waals surface area contributed by atoms with E-state index in [0.29, 0.717) is 0 Å². The van der Waals surface area contributed by atoms with Gasteiger partial charge in [0.15, 0.2) is 0 Å². The Morgan fingerprint density at radius 1 is 1.10 bits per heavy atom. The second kappa shape index (κ2) is 5.89. The van der Waals surface area contributed by atoms with Crippen LogP contribution < -0.4 is 5.73 Å². The second-order valence-electron chi connectivity index (χ2n) is 7.69. The third-order valence-corrected chi connectivity index (χ3v) is 5.14. The molecule has 1 aromatic carbocycles. The average Bonchev–Trinajstić information content (AvgIpc) is 2.61. The molecule has 1 saturated carbocycles. The third-order valence-electron chi connectivity index (χ3n) is 5.14. The summed E-state index contributed by atoms with van der Waals surface area (Å²) in [7, 11) is 0. The van der Waals surface area contributed by atoms with Crippen molar-refractivity contribution in [1.82, 2.24) is 0 Å². The molecular formula is C19H31N. The van der Waals surface area contributed by atoms with E-state index >= 15 is 0 Å². The van der Waals surface area contributed by atoms with Crippen molar-refractivity contribution < 1.29 is 0 Å². The van der Waals surface area contributed by atoms with Gasteiger partial charge in [-0.25, -0.2) is 0 Å². The highest BCUT2D eigenvalue weighted by Gasteiger charge is 2.30. The molecule has 2 unspecified atom stereocenters. The van der Waals surface area contributed by atoms with Gasteiger partial charge in [-0.3, -0.25) is 0 Å². The van der Waals surface area contributed by atoms with Gasteiger partial charge in [0.2, 0.25) is 0 Å². The fraction of sp³-hybridized carbons (Fsp3) is 0.684. The highest BCUT2D eigenvalue weighted by molar-refractivity contribution is 5.31. The van der Waals surface area contributed by atoms with Crippen LogP contribution in [0, 0.1) is 5.92 Å². The average molecular weight is 273 g/mol. The molecule has 1 heteroatoms. The van der Waals surface area contributed by atoms with Crippen molar-refractivity contribution in [2.24, 2.45) is 11.7 Å². The summed E-state index contributed by atoms with van der Waals surface area (Å²) in [5.41, 5.74) is 9.61. The summed E-state index contributed by atoms with van der Waals surface area (Å²) in [6, 6.07) is 9.08. The summed E-state index contributed by atoms with van der Waals surface area (Å²) in [6.45, 7) is 9.10. The molecule has 0 bridgehead atoms. The topological polar surface area (TPSA) is 26.0 Å². The number of hydrogen-bond donors (Lipinski definition) is 1. The summed E-state index contributed by atoms with van der Waals surface area (Å²) in [6.07, 6.45) is 7.50. The summed E-state index contributed by atoms with van der Waals surface area (Å²) in [5, 5.41) is 0. The zero-order valence-electron chi connectivity index (χ0n) is 13.7. The predicted octanol–water partition coefficient (Wildman–Crippen LogP) is 5.13. The van der Waals surface area contributed by atoms with E-state index in [1.54, 1.807) is 0 Å². The lowest BCUT2D eigenvalue weighted by atomic mass is 9.80. The molecule has 2 N–H and O–H groups in total. The fourth-order valence-corrected chi connectivity index (χ4v) is 3.44. The molecule has 112 valence electrons. The van der Waals surface area contributed by atoms with Crippen molar-refractivity contribution in [3.63, 3.8) is 0 Å². The van der Waals surface area contributed by atoms with Crippen LogP contribution in [-0.2, 0) is 11.0 Å². The van der Waals surface area contributed by atoms with Crippen LogP contribution in [0.25, 0.3) is 0 Å². The Labute approximate surface area is 125 Å². The van der Waals surface area contributed by atoms with Gasteiger partial charge in [0.05, 0.1) is 0 Å². The number of benzene rings is 1. The smallest absolute Gasteiger partial charge is 0.0409 e. The largest absolute Gasteiger partial charge is 0.321 e. The van der Waals surface area contributed by atoms with Gasteiger partial charge in [-0.05, 0) is 41.7 Å². The first-order valence-corrected chi connectivity index (χ1v) is 8.25. The molecule has 20 heavy (non-hydrogen) atoms. The van der Waals surface area contributed by atoms with E-state index in [0.717, 1.165) is 18.8 Å². The van der Waals surface area contributed by atoms with E-state index in [4.69, 9.17) is 5.73 Å². The summed E-state index contributed by atoms with van der Waals surface area (Å²) in [4.78, 5) is 0. The summed E-state index contributed by atoms with van der Waals surface area (Å²) < 4.78 is 0. The Hall–Kier alpha value is -0.820. The van der Waals surface area contributed by atoms with E-state index in [-0.39, 0.29) is 11.0 Å². The quantitative estimate of drug-likeness (QED) is 0.743. The maximum atomic E-state index is 6.76. The standard InChI is InChI=1S/C19H31N/c1-5-15-7-6-13-19(20,14-12-15)17-10-8-16(9-11-17)18(2,3)4/h8-11,15H,5-7,12-14,20H2,1-4H3. The molecule has 0 radical (unpaired) electrons. The van der Waals surface area contributed by atoms with Gasteiger partial charge in [0.25, 0.3) is 0 Å². The Morgan fingerprint density at radius 3 is 2.30 bits per heavy atom. The Bertz CT molecular complexity index is 426. The van der Waals surface area contributed by atoms with Crippen LogP contribution in [0.3, 0.4) is 0 Å². The number of rotatable bonds is 2. The number of hydrogen-bond acceptors (Lipinski definition) is 1. The minimum atomic E-state index is -0.0969. The lowest BCUT2D eigenvalue weighted by molar-refractivity contribution is 0.371. The molecular weight excluding hydrogens is 242 g/mol. The highest BCUT2D eigenvalue weighted by atomic mass is 14.7. The van der Waals surface area contributed by atoms with Gasteiger partial charge in [-0.1, -0.05) is 71.2 Å². The van der Waals surface area contributed by atoms with E-state index in [1.165, 1.54) is 36.8 Å². The van der Waals surface area contributed by atoms with Crippen LogP contribution in [-0.4, -0.2) is 0 Å². The Balaban J connectivity index is 2.17. The normalized spacial score (nSPS) is 28.1. The summed E-state index contributed by atoms with van der Waals surface area (Å²) in [5.74, 6) is 0.884. The van der Waals surface area contributed by atoms with Crippen molar-refractivity contribution >= 4 is 0 Å². The molecule has 0 spiro atoms. The molecule has 2 rings (SSSR count). The molecule has 0 aromatic heterocycles. The minimum absolute atomic E-state index is 0.0969. The van der Waals surface area contributed by atoms with E-state index in [9.17, 15) is 0 Å². The van der Waals surface area contributed by atoms with Gasteiger partial charge in [0.1, 0.15) is 0 Å². The van der Waals surface area contributed by atoms with E-state index < -0.39 is 0 Å². The highest BCUT2D eigenvalue weighted by Crippen LogP contribution is 2.37. The minimum Gasteiger partial charge on any atom is -0.321 e. The molecule has 0 amide bonds. The van der Waals surface area contributed by atoms with Crippen molar-refractivity contribution in [3.8, 4) is 0 Å². The molecule has 1 aliphatic rings. The van der Waals surface area contributed by atoms with E-state index in [1.807, 2.05) is 0 Å². The molecule has 1 fully saturated rings. The Kier molecular flexibility index (Phi) is 4.59. The first-order valence-electron chi connectivity index (χ1n) is 8.25. The van der Waals surface area contributed by atoms with Crippen molar-refractivity contribution in [2.45, 2.75) is 77.2 Å². The Morgan fingerprint density at radius 2 is 1.75 bits per heavy atom.